The Bertz CT molecular complexity index is 172. The number of nitrogens with two attached hydrogens (primary N) is 1. The fourth-order valence-electron chi connectivity index (χ4n) is 0.545. The van der Waals surface area contributed by atoms with Crippen LogP contribution in [0.4, 0.5) is 0 Å². The van der Waals surface area contributed by atoms with Gasteiger partial charge in [-0.15, -0.1) is 5.11 Å². The molecule has 70 valence electrons. The molecule has 0 aliphatic carbocycles. The molecular weight excluding hydrogens is 152 g/mol. The monoisotopic (exact) mass is 170 g/mol. The van der Waals surface area contributed by atoms with Crippen LogP contribution in [0.5, 0.6) is 0 Å². The van der Waals surface area contributed by atoms with Crippen LogP contribution in [0.1, 0.15) is 34.1 Å². The second kappa shape index (κ2) is 5.71. The zero-order valence-corrected chi connectivity index (χ0v) is 8.28. The van der Waals surface area contributed by atoms with Crippen molar-refractivity contribution in [3.8, 4) is 0 Å². The predicted octanol–water partition coefficient (Wildman–Crippen LogP) is 2.25. The Kier molecular flexibility index (Phi) is 5.28. The van der Waals surface area contributed by atoms with Gasteiger partial charge in [0, 0.05) is 0 Å². The highest BCUT2D eigenvalue weighted by molar-refractivity contribution is 4.94. The number of hydrazine groups is 1. The Labute approximate surface area is 74.1 Å². The lowest BCUT2D eigenvalue weighted by Gasteiger charge is -2.14. The van der Waals surface area contributed by atoms with Crippen LogP contribution in [0.2, 0.25) is 0 Å². The zero-order chi connectivity index (χ0) is 9.56. The summed E-state index contributed by atoms with van der Waals surface area (Å²) in [5.41, 5.74) is 0.950. The predicted molar refractivity (Wildman–Crippen MR) is 50.1 cm³/mol. The van der Waals surface area contributed by atoms with Crippen LogP contribution < -0.4 is 5.84 Å². The van der Waals surface area contributed by atoms with Gasteiger partial charge in [0.05, 0.1) is 11.7 Å². The van der Waals surface area contributed by atoms with Gasteiger partial charge in [-0.05, 0) is 27.2 Å². The van der Waals surface area contributed by atoms with Crippen molar-refractivity contribution in [3.05, 3.63) is 11.8 Å². The zero-order valence-electron chi connectivity index (χ0n) is 8.28. The molecule has 0 aliphatic heterocycles. The van der Waals surface area contributed by atoms with Gasteiger partial charge in [0.15, 0.2) is 0 Å². The molecule has 0 bridgehead atoms. The summed E-state index contributed by atoms with van der Waals surface area (Å²) in [5, 5.41) is 9.15. The first kappa shape index (κ1) is 11.1. The van der Waals surface area contributed by atoms with Crippen molar-refractivity contribution in [3.63, 3.8) is 0 Å². The van der Waals surface area contributed by atoms with Crippen molar-refractivity contribution < 1.29 is 0 Å². The third kappa shape index (κ3) is 4.08. The fraction of sp³-hybridized carbons (Fsp3) is 0.750. The number of nitrogens with zero attached hydrogens (tertiary/aromatic N) is 3. The van der Waals surface area contributed by atoms with E-state index in [0.29, 0.717) is 0 Å². The van der Waals surface area contributed by atoms with Crippen LogP contribution >= 0.6 is 0 Å². The molecule has 0 atom stereocenters. The van der Waals surface area contributed by atoms with Crippen molar-refractivity contribution in [1.29, 1.82) is 0 Å². The van der Waals surface area contributed by atoms with Gasteiger partial charge in [-0.3, -0.25) is 0 Å². The third-order valence-electron chi connectivity index (χ3n) is 1.50. The molecule has 0 aromatic rings. The van der Waals surface area contributed by atoms with E-state index in [4.69, 9.17) is 5.84 Å². The molecular formula is C8H18N4. The molecule has 0 heterocycles. The summed E-state index contributed by atoms with van der Waals surface area (Å²) in [6.45, 7) is 7.89. The van der Waals surface area contributed by atoms with E-state index in [-0.39, 0.29) is 6.04 Å². The number of hydrogen-bond acceptors (Lipinski definition) is 3. The molecule has 0 saturated carbocycles. The molecule has 0 aromatic carbocycles. The lowest BCUT2D eigenvalue weighted by Crippen LogP contribution is -2.31. The van der Waals surface area contributed by atoms with Gasteiger partial charge in [0.1, 0.15) is 0 Å². The lowest BCUT2D eigenvalue weighted by molar-refractivity contribution is 0.221. The Morgan fingerprint density at radius 2 is 2.17 bits per heavy atom. The van der Waals surface area contributed by atoms with Gasteiger partial charge >= 0.3 is 0 Å². The molecule has 4 heteroatoms. The van der Waals surface area contributed by atoms with E-state index in [0.717, 1.165) is 12.1 Å². The molecule has 0 radical (unpaired) electrons. The summed E-state index contributed by atoms with van der Waals surface area (Å²) in [5.74, 6) is 5.52. The Morgan fingerprint density at radius 3 is 2.50 bits per heavy atom. The van der Waals surface area contributed by atoms with Crippen molar-refractivity contribution in [2.24, 2.45) is 16.2 Å². The standard InChI is InChI=1S/C8H18N4/c1-5-8(6-2)10-11-12(9)7(3)4/h5,7H,6,9H2,1-4H3/b8-5-,11-10?. The number of allylic oxidation sites excluding steroid dienone is 2. The molecule has 0 aromatic heterocycles. The summed E-state index contributed by atoms with van der Waals surface area (Å²) in [6, 6.07) is 0.184. The first-order valence-electron chi connectivity index (χ1n) is 4.22. The third-order valence-corrected chi connectivity index (χ3v) is 1.50. The van der Waals surface area contributed by atoms with E-state index in [9.17, 15) is 0 Å². The van der Waals surface area contributed by atoms with Gasteiger partial charge in [-0.25, -0.2) is 11.0 Å². The molecule has 0 unspecified atom stereocenters. The van der Waals surface area contributed by atoms with E-state index in [1.165, 1.54) is 5.12 Å². The Hall–Kier alpha value is -0.900. The van der Waals surface area contributed by atoms with Crippen LogP contribution in [0.25, 0.3) is 0 Å². The minimum Gasteiger partial charge on any atom is -0.230 e. The maximum atomic E-state index is 5.52. The highest BCUT2D eigenvalue weighted by Crippen LogP contribution is 2.03. The molecule has 0 rings (SSSR count). The van der Waals surface area contributed by atoms with Crippen LogP contribution in [0.3, 0.4) is 0 Å². The van der Waals surface area contributed by atoms with Gasteiger partial charge in [0.25, 0.3) is 0 Å². The van der Waals surface area contributed by atoms with E-state index >= 15 is 0 Å². The van der Waals surface area contributed by atoms with Crippen LogP contribution in [0, 0.1) is 0 Å². The molecule has 12 heavy (non-hydrogen) atoms. The smallest absolute Gasteiger partial charge is 0.0603 e. The van der Waals surface area contributed by atoms with E-state index in [1.54, 1.807) is 0 Å². The fourth-order valence-corrected chi connectivity index (χ4v) is 0.545. The maximum absolute atomic E-state index is 5.52. The second-order valence-corrected chi connectivity index (χ2v) is 2.80. The highest BCUT2D eigenvalue weighted by atomic mass is 15.7. The lowest BCUT2D eigenvalue weighted by atomic mass is 10.3. The van der Waals surface area contributed by atoms with Crippen molar-refractivity contribution in [2.45, 2.75) is 40.2 Å². The topological polar surface area (TPSA) is 54.0 Å². The molecule has 0 saturated heterocycles. The average Bonchev–Trinajstić information content (AvgIpc) is 2.05. The van der Waals surface area contributed by atoms with E-state index in [2.05, 4.69) is 10.3 Å². The van der Waals surface area contributed by atoms with E-state index in [1.807, 2.05) is 33.8 Å². The Morgan fingerprint density at radius 1 is 1.58 bits per heavy atom. The van der Waals surface area contributed by atoms with Crippen molar-refractivity contribution in [1.82, 2.24) is 5.12 Å². The number of hydrogen-bond donors (Lipinski definition) is 1. The summed E-state index contributed by atoms with van der Waals surface area (Å²) >= 11 is 0. The summed E-state index contributed by atoms with van der Waals surface area (Å²) in [6.07, 6.45) is 2.81. The molecule has 0 amide bonds. The molecule has 0 spiro atoms. The summed E-state index contributed by atoms with van der Waals surface area (Å²) in [7, 11) is 0. The van der Waals surface area contributed by atoms with Gasteiger partial charge in [0.2, 0.25) is 0 Å². The van der Waals surface area contributed by atoms with Crippen LogP contribution in [0.15, 0.2) is 22.1 Å². The van der Waals surface area contributed by atoms with Gasteiger partial charge < -0.3 is 0 Å². The SMILES string of the molecule is C/C=C(/CC)N=NN(N)C(C)C. The largest absolute Gasteiger partial charge is 0.230 e. The van der Waals surface area contributed by atoms with Gasteiger partial charge in [-0.1, -0.05) is 18.2 Å². The average molecular weight is 170 g/mol. The molecule has 2 N–H and O–H groups in total. The quantitative estimate of drug-likeness (QED) is 0.399. The summed E-state index contributed by atoms with van der Waals surface area (Å²) in [4.78, 5) is 0. The highest BCUT2D eigenvalue weighted by Gasteiger charge is 1.98. The minimum atomic E-state index is 0.184. The number of rotatable bonds is 4. The molecule has 0 aliphatic rings. The molecule has 4 nitrogen and oxygen atoms in total. The van der Waals surface area contributed by atoms with Crippen molar-refractivity contribution in [2.75, 3.05) is 0 Å². The molecule has 0 fully saturated rings. The second-order valence-electron chi connectivity index (χ2n) is 2.80. The minimum absolute atomic E-state index is 0.184. The normalized spacial score (nSPS) is 13.0. The van der Waals surface area contributed by atoms with Gasteiger partial charge in [-0.2, -0.15) is 0 Å². The van der Waals surface area contributed by atoms with E-state index < -0.39 is 0 Å². The first-order chi connectivity index (χ1) is 5.61. The first-order valence-corrected chi connectivity index (χ1v) is 4.22. The van der Waals surface area contributed by atoms with Crippen molar-refractivity contribution >= 4 is 0 Å². The Balaban J connectivity index is 4.05. The van der Waals surface area contributed by atoms with Crippen LogP contribution in [-0.2, 0) is 0 Å². The maximum Gasteiger partial charge on any atom is 0.0603 e. The van der Waals surface area contributed by atoms with Crippen LogP contribution in [-0.4, -0.2) is 11.2 Å². The summed E-state index contributed by atoms with van der Waals surface area (Å²) < 4.78 is 0.